The molecule has 148 valence electrons. The summed E-state index contributed by atoms with van der Waals surface area (Å²) < 4.78 is 10.8. The van der Waals surface area contributed by atoms with Gasteiger partial charge in [-0.2, -0.15) is 5.10 Å². The Hall–Kier alpha value is -3.94. The largest absolute Gasteiger partial charge is 0.496 e. The molecule has 29 heavy (non-hydrogen) atoms. The fraction of sp³-hybridized carbons (Fsp3) is 0.143. The molecule has 0 aliphatic heterocycles. The maximum atomic E-state index is 12.5. The van der Waals surface area contributed by atoms with Gasteiger partial charge in [0.25, 0.3) is 11.6 Å². The van der Waals surface area contributed by atoms with Crippen LogP contribution in [0.25, 0.3) is 10.8 Å². The molecule has 0 bridgehead atoms. The standard InChI is InChI=1S/C21H19N3O5/c1-3-29-20-10-8-14-6-4-5-7-16(14)18(20)13-22-23-21(25)17-12-15(24(26)27)9-11-19(17)28-2/h4-13H,3H2,1-2H3,(H,23,25)/b22-13-. The van der Waals surface area contributed by atoms with Crippen LogP contribution in [0.1, 0.15) is 22.8 Å². The highest BCUT2D eigenvalue weighted by Gasteiger charge is 2.17. The van der Waals surface area contributed by atoms with Crippen LogP contribution in [0.4, 0.5) is 5.69 Å². The first kappa shape index (κ1) is 19.8. The predicted octanol–water partition coefficient (Wildman–Crippen LogP) is 3.92. The van der Waals surface area contributed by atoms with E-state index >= 15 is 0 Å². The number of nitro benzene ring substituents is 1. The highest BCUT2D eigenvalue weighted by atomic mass is 16.6. The molecule has 0 unspecified atom stereocenters. The van der Waals surface area contributed by atoms with Crippen LogP contribution in [0.2, 0.25) is 0 Å². The number of hydrazone groups is 1. The third-order valence-corrected chi connectivity index (χ3v) is 4.23. The molecule has 0 aliphatic carbocycles. The normalized spacial score (nSPS) is 10.8. The molecule has 1 N–H and O–H groups in total. The van der Waals surface area contributed by atoms with E-state index in [1.54, 1.807) is 0 Å². The van der Waals surface area contributed by atoms with Gasteiger partial charge in [-0.15, -0.1) is 0 Å². The fourth-order valence-corrected chi connectivity index (χ4v) is 2.89. The minimum absolute atomic E-state index is 0.0156. The molecule has 0 atom stereocenters. The van der Waals surface area contributed by atoms with Gasteiger partial charge in [-0.3, -0.25) is 14.9 Å². The smallest absolute Gasteiger partial charge is 0.275 e. The summed E-state index contributed by atoms with van der Waals surface area (Å²) in [6.07, 6.45) is 1.50. The summed E-state index contributed by atoms with van der Waals surface area (Å²) in [6.45, 7) is 2.36. The number of nitrogens with one attached hydrogen (secondary N) is 1. The molecule has 0 radical (unpaired) electrons. The van der Waals surface area contributed by atoms with Crippen LogP contribution in [0.5, 0.6) is 11.5 Å². The fourth-order valence-electron chi connectivity index (χ4n) is 2.89. The van der Waals surface area contributed by atoms with Crippen molar-refractivity contribution in [1.82, 2.24) is 5.43 Å². The van der Waals surface area contributed by atoms with E-state index in [2.05, 4.69) is 10.5 Å². The Morgan fingerprint density at radius 2 is 1.93 bits per heavy atom. The molecule has 3 aromatic carbocycles. The van der Waals surface area contributed by atoms with E-state index in [-0.39, 0.29) is 17.0 Å². The van der Waals surface area contributed by atoms with Gasteiger partial charge in [0.15, 0.2) is 0 Å². The molecule has 0 aliphatic rings. The monoisotopic (exact) mass is 393 g/mol. The van der Waals surface area contributed by atoms with Crippen molar-refractivity contribution in [2.75, 3.05) is 13.7 Å². The quantitative estimate of drug-likeness (QED) is 0.372. The lowest BCUT2D eigenvalue weighted by molar-refractivity contribution is -0.384. The second-order valence-electron chi connectivity index (χ2n) is 5.97. The van der Waals surface area contributed by atoms with E-state index in [4.69, 9.17) is 9.47 Å². The number of benzene rings is 3. The van der Waals surface area contributed by atoms with Gasteiger partial charge in [0, 0.05) is 17.7 Å². The van der Waals surface area contributed by atoms with E-state index in [0.29, 0.717) is 12.4 Å². The summed E-state index contributed by atoms with van der Waals surface area (Å²) in [5.74, 6) is 0.223. The Balaban J connectivity index is 1.90. The van der Waals surface area contributed by atoms with Crippen molar-refractivity contribution < 1.29 is 19.2 Å². The molecule has 0 aromatic heterocycles. The third kappa shape index (κ3) is 4.32. The number of nitro groups is 1. The summed E-state index contributed by atoms with van der Waals surface area (Å²) >= 11 is 0. The third-order valence-electron chi connectivity index (χ3n) is 4.23. The van der Waals surface area contributed by atoms with Crippen LogP contribution in [0.3, 0.4) is 0 Å². The predicted molar refractivity (Wildman–Crippen MR) is 110 cm³/mol. The van der Waals surface area contributed by atoms with E-state index < -0.39 is 10.8 Å². The van der Waals surface area contributed by atoms with E-state index in [9.17, 15) is 14.9 Å². The molecule has 0 heterocycles. The summed E-state index contributed by atoms with van der Waals surface area (Å²) in [5.41, 5.74) is 2.91. The highest BCUT2D eigenvalue weighted by molar-refractivity contribution is 6.03. The van der Waals surface area contributed by atoms with Crippen LogP contribution in [0.15, 0.2) is 59.7 Å². The average molecular weight is 393 g/mol. The number of ether oxygens (including phenoxy) is 2. The number of methoxy groups -OCH3 is 1. The SMILES string of the molecule is CCOc1ccc2ccccc2c1/C=N\NC(=O)c1cc([N+](=O)[O-])ccc1OC. The van der Waals surface area contributed by atoms with Crippen LogP contribution in [-0.4, -0.2) is 30.8 Å². The molecule has 3 aromatic rings. The van der Waals surface area contributed by atoms with Crippen molar-refractivity contribution in [3.8, 4) is 11.5 Å². The van der Waals surface area contributed by atoms with Crippen molar-refractivity contribution in [2.45, 2.75) is 6.92 Å². The number of non-ortho nitro benzene ring substituents is 1. The zero-order chi connectivity index (χ0) is 20.8. The number of fused-ring (bicyclic) bond motifs is 1. The summed E-state index contributed by atoms with van der Waals surface area (Å²) in [7, 11) is 1.38. The molecule has 8 heteroatoms. The lowest BCUT2D eigenvalue weighted by Crippen LogP contribution is -2.18. The molecular formula is C21H19N3O5. The van der Waals surface area contributed by atoms with Crippen LogP contribution >= 0.6 is 0 Å². The summed E-state index contributed by atoms with van der Waals surface area (Å²) in [4.78, 5) is 22.9. The number of nitrogens with zero attached hydrogens (tertiary/aromatic N) is 2. The number of hydrogen-bond donors (Lipinski definition) is 1. The average Bonchev–Trinajstić information content (AvgIpc) is 2.74. The van der Waals surface area contributed by atoms with Gasteiger partial charge in [0.1, 0.15) is 11.5 Å². The second kappa shape index (κ2) is 8.83. The Morgan fingerprint density at radius 1 is 1.17 bits per heavy atom. The van der Waals surface area contributed by atoms with Gasteiger partial charge >= 0.3 is 0 Å². The van der Waals surface area contributed by atoms with Gasteiger partial charge < -0.3 is 9.47 Å². The zero-order valence-corrected chi connectivity index (χ0v) is 15.9. The van der Waals surface area contributed by atoms with Crippen LogP contribution in [-0.2, 0) is 0 Å². The van der Waals surface area contributed by atoms with Crippen molar-refractivity contribution in [3.05, 3.63) is 75.8 Å². The summed E-state index contributed by atoms with van der Waals surface area (Å²) in [6, 6.07) is 15.3. The molecule has 0 fully saturated rings. The van der Waals surface area contributed by atoms with Crippen molar-refractivity contribution >= 4 is 28.6 Å². The van der Waals surface area contributed by atoms with E-state index in [1.807, 2.05) is 43.3 Å². The minimum Gasteiger partial charge on any atom is -0.496 e. The molecule has 0 spiro atoms. The molecule has 3 rings (SSSR count). The number of amides is 1. The maximum absolute atomic E-state index is 12.5. The zero-order valence-electron chi connectivity index (χ0n) is 15.9. The first-order chi connectivity index (χ1) is 14.0. The second-order valence-corrected chi connectivity index (χ2v) is 5.97. The molecule has 1 amide bonds. The number of carbonyl (C=O) groups is 1. The first-order valence-corrected chi connectivity index (χ1v) is 8.85. The van der Waals surface area contributed by atoms with Crippen LogP contribution < -0.4 is 14.9 Å². The number of carbonyl (C=O) groups excluding carboxylic acids is 1. The van der Waals surface area contributed by atoms with Crippen molar-refractivity contribution in [2.24, 2.45) is 5.10 Å². The lowest BCUT2D eigenvalue weighted by Gasteiger charge is -2.10. The first-order valence-electron chi connectivity index (χ1n) is 8.85. The number of hydrogen-bond acceptors (Lipinski definition) is 6. The summed E-state index contributed by atoms with van der Waals surface area (Å²) in [5, 5.41) is 16.9. The molecule has 0 saturated carbocycles. The van der Waals surface area contributed by atoms with E-state index in [0.717, 1.165) is 22.4 Å². The molecular weight excluding hydrogens is 374 g/mol. The van der Waals surface area contributed by atoms with Crippen LogP contribution in [0, 0.1) is 10.1 Å². The van der Waals surface area contributed by atoms with Gasteiger partial charge in [0.2, 0.25) is 0 Å². The van der Waals surface area contributed by atoms with Gasteiger partial charge in [0.05, 0.1) is 30.4 Å². The Labute approximate surface area is 166 Å². The lowest BCUT2D eigenvalue weighted by atomic mass is 10.0. The topological polar surface area (TPSA) is 103 Å². The van der Waals surface area contributed by atoms with Gasteiger partial charge in [-0.05, 0) is 29.8 Å². The van der Waals surface area contributed by atoms with Crippen molar-refractivity contribution in [1.29, 1.82) is 0 Å². The maximum Gasteiger partial charge on any atom is 0.275 e. The molecule has 8 nitrogen and oxygen atoms in total. The Bertz CT molecular complexity index is 1090. The van der Waals surface area contributed by atoms with E-state index in [1.165, 1.54) is 25.5 Å². The molecule has 0 saturated heterocycles. The van der Waals surface area contributed by atoms with Gasteiger partial charge in [-0.25, -0.2) is 5.43 Å². The number of rotatable bonds is 7. The highest BCUT2D eigenvalue weighted by Crippen LogP contribution is 2.27. The Kier molecular flexibility index (Phi) is 6.03. The Morgan fingerprint density at radius 3 is 2.66 bits per heavy atom. The van der Waals surface area contributed by atoms with Gasteiger partial charge in [-0.1, -0.05) is 30.3 Å². The van der Waals surface area contributed by atoms with Crippen molar-refractivity contribution in [3.63, 3.8) is 0 Å². The minimum atomic E-state index is -0.625.